The molecule has 8 heteroatoms. The molecule has 146 valence electrons. The lowest BCUT2D eigenvalue weighted by molar-refractivity contribution is 0.330. The number of hydrogen-bond donors (Lipinski definition) is 1. The quantitative estimate of drug-likeness (QED) is 0.387. The Morgan fingerprint density at radius 3 is 2.73 bits per heavy atom. The van der Waals surface area contributed by atoms with Gasteiger partial charge in [0.15, 0.2) is 15.8 Å². The number of likely N-dealkylation sites (tertiary alicyclic amines) is 1. The highest BCUT2D eigenvalue weighted by Crippen LogP contribution is 2.19. The zero-order valence-corrected chi connectivity index (χ0v) is 18.3. The van der Waals surface area contributed by atoms with E-state index >= 15 is 0 Å². The van der Waals surface area contributed by atoms with Gasteiger partial charge in [-0.3, -0.25) is 9.98 Å². The summed E-state index contributed by atoms with van der Waals surface area (Å²) in [6.07, 6.45) is 7.07. The van der Waals surface area contributed by atoms with E-state index in [-0.39, 0.29) is 35.6 Å². The summed E-state index contributed by atoms with van der Waals surface area (Å²) < 4.78 is 23.3. The van der Waals surface area contributed by atoms with E-state index in [2.05, 4.69) is 15.2 Å². The molecule has 0 bridgehead atoms. The summed E-state index contributed by atoms with van der Waals surface area (Å²) in [6, 6.07) is 5.96. The molecule has 2 saturated heterocycles. The molecule has 1 atom stereocenters. The molecule has 2 fully saturated rings. The Bertz CT molecular complexity index is 676. The SMILES string of the molecule is I.O=S1(=O)CCC(CN=C(NCCc2ccccn2)N2CCCCC2)C1. The Morgan fingerprint density at radius 2 is 2.08 bits per heavy atom. The van der Waals surface area contributed by atoms with E-state index in [1.807, 2.05) is 24.4 Å². The number of piperidine rings is 1. The van der Waals surface area contributed by atoms with Crippen LogP contribution < -0.4 is 5.32 Å². The Kier molecular flexibility index (Phi) is 8.59. The number of rotatable bonds is 5. The van der Waals surface area contributed by atoms with E-state index in [9.17, 15) is 8.42 Å². The van der Waals surface area contributed by atoms with Gasteiger partial charge in [0.2, 0.25) is 0 Å². The van der Waals surface area contributed by atoms with Gasteiger partial charge in [0.05, 0.1) is 11.5 Å². The van der Waals surface area contributed by atoms with Crippen LogP contribution in [-0.4, -0.2) is 61.9 Å². The molecule has 2 aliphatic heterocycles. The minimum absolute atomic E-state index is 0. The second kappa shape index (κ2) is 10.4. The van der Waals surface area contributed by atoms with E-state index in [4.69, 9.17) is 4.99 Å². The van der Waals surface area contributed by atoms with Crippen molar-refractivity contribution in [1.29, 1.82) is 0 Å². The lowest BCUT2D eigenvalue weighted by atomic mass is 10.1. The largest absolute Gasteiger partial charge is 0.356 e. The number of nitrogens with zero attached hydrogens (tertiary/aromatic N) is 3. The molecular weight excluding hydrogens is 463 g/mol. The molecule has 2 aliphatic rings. The number of aliphatic imine (C=N–C) groups is 1. The first-order valence-corrected chi connectivity index (χ1v) is 11.1. The van der Waals surface area contributed by atoms with Crippen LogP contribution in [-0.2, 0) is 16.3 Å². The van der Waals surface area contributed by atoms with Crippen molar-refractivity contribution in [3.05, 3.63) is 30.1 Å². The van der Waals surface area contributed by atoms with Gasteiger partial charge < -0.3 is 10.2 Å². The van der Waals surface area contributed by atoms with Gasteiger partial charge in [0, 0.05) is 44.5 Å². The molecule has 0 aromatic carbocycles. The fourth-order valence-electron chi connectivity index (χ4n) is 3.45. The van der Waals surface area contributed by atoms with Gasteiger partial charge in [-0.1, -0.05) is 6.07 Å². The van der Waals surface area contributed by atoms with E-state index < -0.39 is 9.84 Å². The highest BCUT2D eigenvalue weighted by molar-refractivity contribution is 14.0. The van der Waals surface area contributed by atoms with Crippen LogP contribution in [0.1, 0.15) is 31.4 Å². The lowest BCUT2D eigenvalue weighted by Crippen LogP contribution is -2.45. The average molecular weight is 492 g/mol. The van der Waals surface area contributed by atoms with Gasteiger partial charge >= 0.3 is 0 Å². The van der Waals surface area contributed by atoms with Crippen LogP contribution in [0, 0.1) is 5.92 Å². The molecule has 3 heterocycles. The maximum atomic E-state index is 11.6. The van der Waals surface area contributed by atoms with Crippen molar-refractivity contribution < 1.29 is 8.42 Å². The van der Waals surface area contributed by atoms with Crippen molar-refractivity contribution in [2.75, 3.05) is 37.7 Å². The first kappa shape index (κ1) is 21.4. The van der Waals surface area contributed by atoms with Crippen molar-refractivity contribution in [2.45, 2.75) is 32.1 Å². The first-order valence-electron chi connectivity index (χ1n) is 9.26. The summed E-state index contributed by atoms with van der Waals surface area (Å²) in [7, 11) is -2.83. The van der Waals surface area contributed by atoms with Crippen molar-refractivity contribution in [2.24, 2.45) is 10.9 Å². The minimum Gasteiger partial charge on any atom is -0.356 e. The zero-order chi connectivity index (χ0) is 17.5. The van der Waals surface area contributed by atoms with Crippen molar-refractivity contribution in [3.8, 4) is 0 Å². The second-order valence-electron chi connectivity index (χ2n) is 6.98. The van der Waals surface area contributed by atoms with Crippen LogP contribution in [0.15, 0.2) is 29.4 Å². The van der Waals surface area contributed by atoms with Crippen LogP contribution in [0.5, 0.6) is 0 Å². The summed E-state index contributed by atoms with van der Waals surface area (Å²) in [5.41, 5.74) is 1.06. The van der Waals surface area contributed by atoms with Gasteiger partial charge in [-0.05, 0) is 43.7 Å². The van der Waals surface area contributed by atoms with Crippen LogP contribution in [0.4, 0.5) is 0 Å². The highest BCUT2D eigenvalue weighted by Gasteiger charge is 2.27. The molecule has 0 radical (unpaired) electrons. The molecule has 1 aromatic heterocycles. The van der Waals surface area contributed by atoms with E-state index in [1.165, 1.54) is 19.3 Å². The van der Waals surface area contributed by atoms with Gasteiger partial charge in [0.25, 0.3) is 0 Å². The minimum atomic E-state index is -2.83. The number of hydrogen-bond acceptors (Lipinski definition) is 4. The number of aromatic nitrogens is 1. The van der Waals surface area contributed by atoms with Gasteiger partial charge in [0.1, 0.15) is 0 Å². The molecule has 0 amide bonds. The standard InChI is InChI=1S/C18H28N4O2S.HI/c23-25(24)13-8-16(15-25)14-21-18(22-11-4-1-5-12-22)20-10-7-17-6-2-3-9-19-17;/h2-3,6,9,16H,1,4-5,7-8,10-15H2,(H,20,21);1H. The van der Waals surface area contributed by atoms with Crippen LogP contribution >= 0.6 is 24.0 Å². The monoisotopic (exact) mass is 492 g/mol. The Balaban J connectivity index is 0.00000243. The Hall–Kier alpha value is -0.900. The molecule has 1 aromatic rings. The Labute approximate surface area is 173 Å². The van der Waals surface area contributed by atoms with Crippen LogP contribution in [0.3, 0.4) is 0 Å². The van der Waals surface area contributed by atoms with Crippen LogP contribution in [0.25, 0.3) is 0 Å². The topological polar surface area (TPSA) is 74.7 Å². The third kappa shape index (κ3) is 6.68. The van der Waals surface area contributed by atoms with Gasteiger partial charge in [-0.15, -0.1) is 24.0 Å². The summed E-state index contributed by atoms with van der Waals surface area (Å²) >= 11 is 0. The third-order valence-corrected chi connectivity index (χ3v) is 6.71. The van der Waals surface area contributed by atoms with E-state index in [0.29, 0.717) is 12.3 Å². The predicted molar refractivity (Wildman–Crippen MR) is 116 cm³/mol. The summed E-state index contributed by atoms with van der Waals surface area (Å²) in [5, 5.41) is 3.47. The molecule has 0 spiro atoms. The molecule has 0 aliphatic carbocycles. The number of guanidine groups is 1. The number of halogens is 1. The highest BCUT2D eigenvalue weighted by atomic mass is 127. The average Bonchev–Trinajstić information content (AvgIpc) is 2.98. The zero-order valence-electron chi connectivity index (χ0n) is 15.1. The third-order valence-electron chi connectivity index (χ3n) is 4.87. The number of sulfone groups is 1. The van der Waals surface area contributed by atoms with Crippen molar-refractivity contribution in [1.82, 2.24) is 15.2 Å². The molecule has 6 nitrogen and oxygen atoms in total. The van der Waals surface area contributed by atoms with E-state index in [0.717, 1.165) is 44.1 Å². The molecular formula is C18H29IN4O2S. The molecule has 26 heavy (non-hydrogen) atoms. The number of nitrogens with one attached hydrogen (secondary N) is 1. The van der Waals surface area contributed by atoms with Crippen molar-refractivity contribution in [3.63, 3.8) is 0 Å². The maximum absolute atomic E-state index is 11.6. The van der Waals surface area contributed by atoms with Crippen molar-refractivity contribution >= 4 is 39.8 Å². The van der Waals surface area contributed by atoms with Crippen LogP contribution in [0.2, 0.25) is 0 Å². The molecule has 1 unspecified atom stereocenters. The Morgan fingerprint density at radius 1 is 1.27 bits per heavy atom. The predicted octanol–water partition coefficient (Wildman–Crippen LogP) is 2.11. The fraction of sp³-hybridized carbons (Fsp3) is 0.667. The first-order chi connectivity index (χ1) is 12.1. The smallest absolute Gasteiger partial charge is 0.193 e. The number of pyridine rings is 1. The van der Waals surface area contributed by atoms with Gasteiger partial charge in [-0.2, -0.15) is 0 Å². The second-order valence-corrected chi connectivity index (χ2v) is 9.21. The molecule has 1 N–H and O–H groups in total. The molecule has 0 saturated carbocycles. The normalized spacial score (nSPS) is 22.7. The lowest BCUT2D eigenvalue weighted by Gasteiger charge is -2.30. The van der Waals surface area contributed by atoms with E-state index in [1.54, 1.807) is 0 Å². The fourth-order valence-corrected chi connectivity index (χ4v) is 5.30. The summed E-state index contributed by atoms with van der Waals surface area (Å²) in [4.78, 5) is 11.4. The summed E-state index contributed by atoms with van der Waals surface area (Å²) in [6.45, 7) is 3.44. The summed E-state index contributed by atoms with van der Waals surface area (Å²) in [5.74, 6) is 1.71. The molecule has 3 rings (SSSR count). The van der Waals surface area contributed by atoms with Gasteiger partial charge in [-0.25, -0.2) is 8.42 Å². The maximum Gasteiger partial charge on any atom is 0.193 e.